The first-order chi connectivity index (χ1) is 15.4. The molecule has 0 aliphatic carbocycles. The van der Waals surface area contributed by atoms with Gasteiger partial charge in [0.1, 0.15) is 23.0 Å². The Hall–Kier alpha value is -4.67. The number of methoxy groups -OCH3 is 1. The SMILES string of the molecule is COC(=O)c1ccc(CN2C(=O)N/C(=C\c3ccc(-c4ccccc4[N+](=O)[O-])o3)C2=O)o1. The molecule has 3 aromatic rings. The molecule has 32 heavy (non-hydrogen) atoms. The van der Waals surface area contributed by atoms with Gasteiger partial charge in [-0.1, -0.05) is 12.1 Å². The lowest BCUT2D eigenvalue weighted by molar-refractivity contribution is -0.384. The van der Waals surface area contributed by atoms with Crippen LogP contribution in [0.2, 0.25) is 0 Å². The van der Waals surface area contributed by atoms with E-state index in [1.165, 1.54) is 43.5 Å². The first kappa shape index (κ1) is 20.6. The molecule has 162 valence electrons. The molecule has 11 heteroatoms. The molecule has 1 N–H and O–H groups in total. The highest BCUT2D eigenvalue weighted by Crippen LogP contribution is 2.31. The molecule has 0 bridgehead atoms. The molecule has 3 amide bonds. The number of amides is 3. The van der Waals surface area contributed by atoms with Crippen molar-refractivity contribution in [2.24, 2.45) is 0 Å². The average Bonchev–Trinajstić information content (AvgIpc) is 3.50. The van der Waals surface area contributed by atoms with Gasteiger partial charge in [0.15, 0.2) is 0 Å². The number of carbonyl (C=O) groups is 3. The number of esters is 1. The Bertz CT molecular complexity index is 1270. The van der Waals surface area contributed by atoms with Crippen molar-refractivity contribution in [2.45, 2.75) is 6.54 Å². The minimum atomic E-state index is -0.679. The maximum Gasteiger partial charge on any atom is 0.373 e. The molecular weight excluding hydrogens is 422 g/mol. The van der Waals surface area contributed by atoms with Crippen LogP contribution in [0.4, 0.5) is 10.5 Å². The molecule has 0 atom stereocenters. The molecular formula is C21H15N3O8. The Morgan fingerprint density at radius 3 is 2.69 bits per heavy atom. The average molecular weight is 437 g/mol. The highest BCUT2D eigenvalue weighted by molar-refractivity contribution is 6.13. The van der Waals surface area contributed by atoms with Crippen LogP contribution in [0.3, 0.4) is 0 Å². The third kappa shape index (κ3) is 3.86. The zero-order valence-electron chi connectivity index (χ0n) is 16.6. The van der Waals surface area contributed by atoms with Crippen LogP contribution in [-0.2, 0) is 16.1 Å². The summed E-state index contributed by atoms with van der Waals surface area (Å²) in [6.07, 6.45) is 1.32. The van der Waals surface area contributed by atoms with E-state index in [9.17, 15) is 24.5 Å². The number of hydrogen-bond donors (Lipinski definition) is 1. The molecule has 2 aromatic heterocycles. The molecule has 1 aliphatic rings. The fraction of sp³-hybridized carbons (Fsp3) is 0.0952. The number of para-hydroxylation sites is 1. The van der Waals surface area contributed by atoms with Crippen molar-refractivity contribution in [3.63, 3.8) is 0 Å². The number of nitro groups is 1. The summed E-state index contributed by atoms with van der Waals surface area (Å²) in [6.45, 7) is -0.196. The lowest BCUT2D eigenvalue weighted by atomic mass is 10.1. The van der Waals surface area contributed by atoms with Crippen molar-refractivity contribution in [3.8, 4) is 11.3 Å². The smallest absolute Gasteiger partial charge is 0.373 e. The van der Waals surface area contributed by atoms with Crippen LogP contribution < -0.4 is 5.32 Å². The van der Waals surface area contributed by atoms with Gasteiger partial charge >= 0.3 is 12.0 Å². The minimum Gasteiger partial charge on any atom is -0.463 e. The third-order valence-corrected chi connectivity index (χ3v) is 4.60. The van der Waals surface area contributed by atoms with Gasteiger partial charge < -0.3 is 18.9 Å². The predicted octanol–water partition coefficient (Wildman–Crippen LogP) is 3.33. The van der Waals surface area contributed by atoms with Gasteiger partial charge in [0.05, 0.1) is 24.1 Å². The summed E-state index contributed by atoms with van der Waals surface area (Å²) in [7, 11) is 1.20. The van der Waals surface area contributed by atoms with Gasteiger partial charge in [-0.15, -0.1) is 0 Å². The molecule has 0 unspecified atom stereocenters. The summed E-state index contributed by atoms with van der Waals surface area (Å²) in [5.41, 5.74) is 0.116. The van der Waals surface area contributed by atoms with Crippen molar-refractivity contribution in [3.05, 3.63) is 81.6 Å². The zero-order valence-corrected chi connectivity index (χ0v) is 16.6. The van der Waals surface area contributed by atoms with Gasteiger partial charge in [-0.2, -0.15) is 0 Å². The van der Waals surface area contributed by atoms with Crippen molar-refractivity contribution >= 4 is 29.7 Å². The molecule has 1 aromatic carbocycles. The number of nitrogens with zero attached hydrogens (tertiary/aromatic N) is 2. The number of ether oxygens (including phenoxy) is 1. The number of nitro benzene ring substituents is 1. The van der Waals surface area contributed by atoms with Gasteiger partial charge in [-0.25, -0.2) is 9.59 Å². The molecule has 0 spiro atoms. The maximum atomic E-state index is 12.7. The predicted molar refractivity (Wildman–Crippen MR) is 108 cm³/mol. The standard InChI is InChI=1S/C21H15N3O8/c1-30-20(26)18-9-7-13(32-18)11-23-19(25)15(22-21(23)27)10-12-6-8-17(31-12)14-4-2-3-5-16(14)24(28)29/h2-10H,11H2,1H3,(H,22,27)/b15-10-. The van der Waals surface area contributed by atoms with Gasteiger partial charge in [0.2, 0.25) is 5.76 Å². The quantitative estimate of drug-likeness (QED) is 0.203. The Balaban J connectivity index is 1.53. The fourth-order valence-electron chi connectivity index (χ4n) is 3.10. The van der Waals surface area contributed by atoms with Crippen molar-refractivity contribution in [1.29, 1.82) is 0 Å². The van der Waals surface area contributed by atoms with Gasteiger partial charge in [-0.05, 0) is 30.3 Å². The molecule has 0 saturated carbocycles. The molecule has 1 saturated heterocycles. The number of benzene rings is 1. The van der Waals surface area contributed by atoms with Crippen molar-refractivity contribution in [1.82, 2.24) is 10.2 Å². The van der Waals surface area contributed by atoms with Crippen LogP contribution in [0.5, 0.6) is 0 Å². The summed E-state index contributed by atoms with van der Waals surface area (Å²) in [5, 5.41) is 13.7. The van der Waals surface area contributed by atoms with Crippen LogP contribution in [0.1, 0.15) is 22.1 Å². The van der Waals surface area contributed by atoms with E-state index >= 15 is 0 Å². The number of furan rings is 2. The fourth-order valence-corrected chi connectivity index (χ4v) is 3.10. The number of carbonyl (C=O) groups excluding carboxylic acids is 3. The van der Waals surface area contributed by atoms with E-state index in [1.54, 1.807) is 18.2 Å². The normalized spacial score (nSPS) is 14.7. The Morgan fingerprint density at radius 2 is 1.94 bits per heavy atom. The maximum absolute atomic E-state index is 12.7. The van der Waals surface area contributed by atoms with Gasteiger partial charge in [0.25, 0.3) is 11.6 Å². The Labute approximate surface area is 180 Å². The lowest BCUT2D eigenvalue weighted by Gasteiger charge is -2.09. The van der Waals surface area contributed by atoms with E-state index < -0.39 is 22.8 Å². The second-order valence-corrected chi connectivity index (χ2v) is 6.61. The summed E-state index contributed by atoms with van der Waals surface area (Å²) in [4.78, 5) is 48.0. The zero-order chi connectivity index (χ0) is 22.8. The monoisotopic (exact) mass is 437 g/mol. The first-order valence-corrected chi connectivity index (χ1v) is 9.22. The van der Waals surface area contributed by atoms with E-state index in [2.05, 4.69) is 10.1 Å². The van der Waals surface area contributed by atoms with E-state index in [-0.39, 0.29) is 46.5 Å². The molecule has 4 rings (SSSR count). The molecule has 11 nitrogen and oxygen atoms in total. The lowest BCUT2D eigenvalue weighted by Crippen LogP contribution is -2.30. The molecule has 0 radical (unpaired) electrons. The van der Waals surface area contributed by atoms with Gasteiger partial charge in [-0.3, -0.25) is 19.8 Å². The summed E-state index contributed by atoms with van der Waals surface area (Å²) in [6, 6.07) is 11.3. The first-order valence-electron chi connectivity index (χ1n) is 9.22. The summed E-state index contributed by atoms with van der Waals surface area (Å²) in [5.74, 6) is -0.690. The number of urea groups is 1. The second-order valence-electron chi connectivity index (χ2n) is 6.61. The van der Waals surface area contributed by atoms with Crippen LogP contribution >= 0.6 is 0 Å². The third-order valence-electron chi connectivity index (χ3n) is 4.60. The summed E-state index contributed by atoms with van der Waals surface area (Å²) < 4.78 is 15.5. The Morgan fingerprint density at radius 1 is 1.16 bits per heavy atom. The van der Waals surface area contributed by atoms with Crippen LogP contribution in [0.15, 0.2) is 63.1 Å². The summed E-state index contributed by atoms with van der Waals surface area (Å²) >= 11 is 0. The van der Waals surface area contributed by atoms with E-state index in [4.69, 9.17) is 8.83 Å². The highest BCUT2D eigenvalue weighted by atomic mass is 16.6. The minimum absolute atomic E-state index is 0.0433. The molecule has 1 aliphatic heterocycles. The van der Waals surface area contributed by atoms with E-state index in [0.717, 1.165) is 4.90 Å². The highest BCUT2D eigenvalue weighted by Gasteiger charge is 2.34. The number of hydrogen-bond acceptors (Lipinski definition) is 8. The van der Waals surface area contributed by atoms with Crippen molar-refractivity contribution in [2.75, 3.05) is 7.11 Å². The van der Waals surface area contributed by atoms with E-state index in [1.807, 2.05) is 0 Å². The van der Waals surface area contributed by atoms with Crippen LogP contribution in [0, 0.1) is 10.1 Å². The van der Waals surface area contributed by atoms with Crippen LogP contribution in [-0.4, -0.2) is 34.8 Å². The number of rotatable bonds is 6. The molecule has 1 fully saturated rings. The second kappa shape index (κ2) is 8.22. The Kier molecular flexibility index (Phi) is 5.29. The van der Waals surface area contributed by atoms with E-state index in [0.29, 0.717) is 0 Å². The van der Waals surface area contributed by atoms with Gasteiger partial charge in [0, 0.05) is 12.1 Å². The number of nitrogens with one attached hydrogen (secondary N) is 1. The molecule has 3 heterocycles. The van der Waals surface area contributed by atoms with Crippen LogP contribution in [0.25, 0.3) is 17.4 Å². The number of imide groups is 1. The van der Waals surface area contributed by atoms with Crippen molar-refractivity contribution < 1.29 is 32.9 Å². The largest absolute Gasteiger partial charge is 0.463 e. The topological polar surface area (TPSA) is 145 Å².